The number of carbonyl (C=O) groups is 1. The van der Waals surface area contributed by atoms with Gasteiger partial charge in [-0.25, -0.2) is 4.68 Å². The Balaban J connectivity index is 1.33. The normalized spacial score (nSPS) is 14.5. The number of hydrogen-bond donors (Lipinski definition) is 1. The molecule has 0 bridgehead atoms. The van der Waals surface area contributed by atoms with Gasteiger partial charge in [0.15, 0.2) is 5.82 Å². The van der Waals surface area contributed by atoms with Gasteiger partial charge in [-0.05, 0) is 70.0 Å². The number of aryl methyl sites for hydroxylation is 3. The molecule has 182 valence electrons. The zero-order valence-corrected chi connectivity index (χ0v) is 20.5. The molecular formula is C26H30N6O3. The van der Waals surface area contributed by atoms with E-state index >= 15 is 0 Å². The van der Waals surface area contributed by atoms with Crippen molar-refractivity contribution >= 4 is 22.6 Å². The second-order valence-corrected chi connectivity index (χ2v) is 9.02. The number of fused-ring (bicyclic) bond motifs is 1. The zero-order valence-electron chi connectivity index (χ0n) is 20.5. The zero-order chi connectivity index (χ0) is 24.5. The lowest BCUT2D eigenvalue weighted by molar-refractivity contribution is -0.125. The van der Waals surface area contributed by atoms with Crippen LogP contribution in [0.2, 0.25) is 0 Å². The molecule has 35 heavy (non-hydrogen) atoms. The van der Waals surface area contributed by atoms with Crippen molar-refractivity contribution in [1.82, 2.24) is 25.3 Å². The summed E-state index contributed by atoms with van der Waals surface area (Å²) in [5.41, 5.74) is 3.65. The number of nitrogens with zero attached hydrogens (tertiary/aromatic N) is 5. The van der Waals surface area contributed by atoms with Crippen molar-refractivity contribution in [3.8, 4) is 11.4 Å². The summed E-state index contributed by atoms with van der Waals surface area (Å²) in [6.07, 6.45) is 1.50. The largest absolute Gasteiger partial charge is 0.497 e. The molecule has 1 N–H and O–H groups in total. The van der Waals surface area contributed by atoms with Crippen LogP contribution < -0.4 is 15.0 Å². The highest BCUT2D eigenvalue weighted by molar-refractivity contribution is 5.92. The maximum absolute atomic E-state index is 12.7. The summed E-state index contributed by atoms with van der Waals surface area (Å²) in [5.74, 6) is 3.22. The molecule has 0 radical (unpaired) electrons. The van der Waals surface area contributed by atoms with E-state index in [4.69, 9.17) is 14.3 Å². The molecule has 1 amide bonds. The Labute approximate surface area is 204 Å². The third kappa shape index (κ3) is 4.45. The minimum Gasteiger partial charge on any atom is -0.497 e. The second kappa shape index (κ2) is 9.40. The number of rotatable bonds is 6. The number of hydrogen-bond acceptors (Lipinski definition) is 7. The SMILES string of the molecule is COc1ccc(-n2nc3c(N4CCC(C(=O)NCc5ccc(C)o5)CC4)nnc(C)c3c2C)cc1. The molecule has 4 heterocycles. The Morgan fingerprint density at radius 2 is 1.83 bits per heavy atom. The highest BCUT2D eigenvalue weighted by Gasteiger charge is 2.28. The predicted octanol–water partition coefficient (Wildman–Crippen LogP) is 3.88. The van der Waals surface area contributed by atoms with Crippen LogP contribution in [0.25, 0.3) is 16.6 Å². The lowest BCUT2D eigenvalue weighted by Crippen LogP contribution is -2.40. The van der Waals surface area contributed by atoms with Gasteiger partial charge in [0.2, 0.25) is 5.91 Å². The summed E-state index contributed by atoms with van der Waals surface area (Å²) in [7, 11) is 1.65. The maximum atomic E-state index is 12.7. The number of aromatic nitrogens is 4. The highest BCUT2D eigenvalue weighted by Crippen LogP contribution is 2.31. The number of benzene rings is 1. The molecule has 0 atom stereocenters. The molecule has 0 saturated carbocycles. The number of anilines is 1. The van der Waals surface area contributed by atoms with Gasteiger partial charge in [0.25, 0.3) is 0 Å². The number of amides is 1. The summed E-state index contributed by atoms with van der Waals surface area (Å²) < 4.78 is 12.8. The first-order valence-electron chi connectivity index (χ1n) is 11.9. The molecule has 3 aromatic heterocycles. The van der Waals surface area contributed by atoms with Crippen LogP contribution in [0, 0.1) is 26.7 Å². The van der Waals surface area contributed by atoms with Gasteiger partial charge in [0, 0.05) is 19.0 Å². The lowest BCUT2D eigenvalue weighted by atomic mass is 9.95. The van der Waals surface area contributed by atoms with Gasteiger partial charge in [-0.15, -0.1) is 5.10 Å². The monoisotopic (exact) mass is 474 g/mol. The topological polar surface area (TPSA) is 98.3 Å². The number of methoxy groups -OCH3 is 1. The van der Waals surface area contributed by atoms with E-state index in [9.17, 15) is 4.79 Å². The average Bonchev–Trinajstić information content (AvgIpc) is 3.46. The molecular weight excluding hydrogens is 444 g/mol. The standard InChI is InChI=1S/C26H30N6O3/c1-16-5-8-22(35-16)15-27-26(33)19-11-13-31(14-12-19)25-24-23(17(2)28-29-25)18(3)32(30-24)20-6-9-21(34-4)10-7-20/h5-10,19H,11-15H2,1-4H3,(H,27,33). The number of carbonyl (C=O) groups excluding carboxylic acids is 1. The van der Waals surface area contributed by atoms with Crippen LogP contribution in [0.15, 0.2) is 40.8 Å². The van der Waals surface area contributed by atoms with E-state index in [0.29, 0.717) is 6.54 Å². The van der Waals surface area contributed by atoms with Crippen molar-refractivity contribution in [1.29, 1.82) is 0 Å². The highest BCUT2D eigenvalue weighted by atomic mass is 16.5. The summed E-state index contributed by atoms with van der Waals surface area (Å²) in [4.78, 5) is 14.9. The quantitative estimate of drug-likeness (QED) is 0.453. The fourth-order valence-electron chi connectivity index (χ4n) is 4.75. The molecule has 1 aromatic carbocycles. The molecule has 5 rings (SSSR count). The minimum atomic E-state index is -0.0326. The van der Waals surface area contributed by atoms with Gasteiger partial charge in [0.05, 0.1) is 36.1 Å². The van der Waals surface area contributed by atoms with Crippen molar-refractivity contribution < 1.29 is 13.9 Å². The average molecular weight is 475 g/mol. The van der Waals surface area contributed by atoms with Crippen molar-refractivity contribution in [2.75, 3.05) is 25.1 Å². The molecule has 0 unspecified atom stereocenters. The van der Waals surface area contributed by atoms with E-state index in [2.05, 4.69) is 27.3 Å². The van der Waals surface area contributed by atoms with Gasteiger partial charge in [-0.2, -0.15) is 10.2 Å². The van der Waals surface area contributed by atoms with E-state index in [0.717, 1.165) is 77.0 Å². The van der Waals surface area contributed by atoms with Crippen LogP contribution in [-0.2, 0) is 11.3 Å². The predicted molar refractivity (Wildman–Crippen MR) is 133 cm³/mol. The molecule has 0 aliphatic carbocycles. The van der Waals surface area contributed by atoms with Crippen LogP contribution in [-0.4, -0.2) is 46.1 Å². The van der Waals surface area contributed by atoms with E-state index in [1.54, 1.807) is 7.11 Å². The summed E-state index contributed by atoms with van der Waals surface area (Å²) in [6, 6.07) is 11.6. The van der Waals surface area contributed by atoms with Crippen molar-refractivity contribution in [3.05, 3.63) is 59.3 Å². The third-order valence-corrected chi connectivity index (χ3v) is 6.70. The fourth-order valence-corrected chi connectivity index (χ4v) is 4.75. The Morgan fingerprint density at radius 3 is 2.49 bits per heavy atom. The first-order valence-corrected chi connectivity index (χ1v) is 11.9. The Bertz CT molecular complexity index is 1350. The van der Waals surface area contributed by atoms with Gasteiger partial charge >= 0.3 is 0 Å². The minimum absolute atomic E-state index is 0.0326. The second-order valence-electron chi connectivity index (χ2n) is 9.02. The summed E-state index contributed by atoms with van der Waals surface area (Å²) >= 11 is 0. The van der Waals surface area contributed by atoms with Crippen LogP contribution in [0.1, 0.15) is 35.7 Å². The summed E-state index contributed by atoms with van der Waals surface area (Å²) in [6.45, 7) is 7.77. The number of furan rings is 1. The molecule has 1 saturated heterocycles. The van der Waals surface area contributed by atoms with Crippen LogP contribution >= 0.6 is 0 Å². The Kier molecular flexibility index (Phi) is 6.15. The van der Waals surface area contributed by atoms with Gasteiger partial charge in [0.1, 0.15) is 22.8 Å². The number of piperidine rings is 1. The molecule has 9 heteroatoms. The van der Waals surface area contributed by atoms with Crippen molar-refractivity contribution in [2.24, 2.45) is 5.92 Å². The van der Waals surface area contributed by atoms with Gasteiger partial charge in [-0.1, -0.05) is 0 Å². The molecule has 1 fully saturated rings. The van der Waals surface area contributed by atoms with Gasteiger partial charge in [-0.3, -0.25) is 4.79 Å². The fraction of sp³-hybridized carbons (Fsp3) is 0.385. The van der Waals surface area contributed by atoms with E-state index in [1.165, 1.54) is 0 Å². The van der Waals surface area contributed by atoms with Gasteiger partial charge < -0.3 is 19.4 Å². The lowest BCUT2D eigenvalue weighted by Gasteiger charge is -2.31. The molecule has 4 aromatic rings. The molecule has 0 spiro atoms. The van der Waals surface area contributed by atoms with E-state index < -0.39 is 0 Å². The van der Waals surface area contributed by atoms with Crippen molar-refractivity contribution in [2.45, 2.75) is 40.2 Å². The maximum Gasteiger partial charge on any atom is 0.223 e. The van der Waals surface area contributed by atoms with Crippen LogP contribution in [0.3, 0.4) is 0 Å². The number of ether oxygens (including phenoxy) is 1. The number of nitrogens with one attached hydrogen (secondary N) is 1. The van der Waals surface area contributed by atoms with Crippen molar-refractivity contribution in [3.63, 3.8) is 0 Å². The molecule has 9 nitrogen and oxygen atoms in total. The van der Waals surface area contributed by atoms with Crippen LogP contribution in [0.4, 0.5) is 5.82 Å². The smallest absolute Gasteiger partial charge is 0.223 e. The summed E-state index contributed by atoms with van der Waals surface area (Å²) in [5, 5.41) is 17.9. The molecule has 1 aliphatic heterocycles. The Morgan fingerprint density at radius 1 is 1.09 bits per heavy atom. The van der Waals surface area contributed by atoms with Crippen LogP contribution in [0.5, 0.6) is 5.75 Å². The first-order chi connectivity index (χ1) is 16.9. The third-order valence-electron chi connectivity index (χ3n) is 6.70. The Hall–Kier alpha value is -3.88. The first kappa shape index (κ1) is 22.9. The van der Waals surface area contributed by atoms with E-state index in [-0.39, 0.29) is 11.8 Å². The van der Waals surface area contributed by atoms with E-state index in [1.807, 2.05) is 54.9 Å². The molecule has 1 aliphatic rings.